The van der Waals surface area contributed by atoms with Crippen LogP contribution in [-0.2, 0) is 6.42 Å². The van der Waals surface area contributed by atoms with Gasteiger partial charge < -0.3 is 10.4 Å². The van der Waals surface area contributed by atoms with E-state index in [1.165, 1.54) is 24.3 Å². The first-order valence-electron chi connectivity index (χ1n) is 6.07. The van der Waals surface area contributed by atoms with Crippen molar-refractivity contribution < 1.29 is 18.7 Å². The minimum Gasteiger partial charge on any atom is -0.508 e. The molecule has 2 aromatic carbocycles. The molecule has 104 valence electrons. The van der Waals surface area contributed by atoms with E-state index in [1.807, 2.05) is 0 Å². The van der Waals surface area contributed by atoms with Crippen molar-refractivity contribution in [2.45, 2.75) is 6.42 Å². The second kappa shape index (κ2) is 6.14. The lowest BCUT2D eigenvalue weighted by atomic mass is 10.1. The average molecular weight is 277 g/mol. The molecule has 0 fully saturated rings. The van der Waals surface area contributed by atoms with Gasteiger partial charge >= 0.3 is 0 Å². The van der Waals surface area contributed by atoms with Gasteiger partial charge in [-0.3, -0.25) is 4.79 Å². The van der Waals surface area contributed by atoms with Crippen molar-refractivity contribution in [1.29, 1.82) is 0 Å². The fourth-order valence-corrected chi connectivity index (χ4v) is 1.82. The summed E-state index contributed by atoms with van der Waals surface area (Å²) in [5, 5.41) is 11.9. The summed E-state index contributed by atoms with van der Waals surface area (Å²) < 4.78 is 25.9. The molecule has 0 spiro atoms. The van der Waals surface area contributed by atoms with Crippen LogP contribution in [0.3, 0.4) is 0 Å². The highest BCUT2D eigenvalue weighted by Gasteiger charge is 2.06. The maximum atomic E-state index is 13.0. The zero-order chi connectivity index (χ0) is 14.5. The predicted octanol–water partition coefficient (Wildman–Crippen LogP) is 2.64. The third-order valence-corrected chi connectivity index (χ3v) is 2.73. The molecule has 0 radical (unpaired) electrons. The number of halogens is 2. The van der Waals surface area contributed by atoms with Crippen molar-refractivity contribution in [2.24, 2.45) is 0 Å². The number of phenolic OH excluding ortho intramolecular Hbond substituents is 1. The second-order valence-corrected chi connectivity index (χ2v) is 4.33. The molecule has 0 aliphatic carbocycles. The van der Waals surface area contributed by atoms with E-state index in [4.69, 9.17) is 0 Å². The summed E-state index contributed by atoms with van der Waals surface area (Å²) in [7, 11) is 0. The van der Waals surface area contributed by atoms with Crippen molar-refractivity contribution in [3.05, 3.63) is 65.2 Å². The summed E-state index contributed by atoms with van der Waals surface area (Å²) in [5.41, 5.74) is 0.800. The Kier molecular flexibility index (Phi) is 4.30. The van der Waals surface area contributed by atoms with Gasteiger partial charge in [0.25, 0.3) is 5.91 Å². The molecule has 0 unspecified atom stereocenters. The number of amides is 1. The van der Waals surface area contributed by atoms with Crippen LogP contribution in [0.1, 0.15) is 15.9 Å². The Morgan fingerprint density at radius 3 is 2.45 bits per heavy atom. The normalized spacial score (nSPS) is 10.3. The van der Waals surface area contributed by atoms with Crippen LogP contribution in [-0.4, -0.2) is 17.6 Å². The summed E-state index contributed by atoms with van der Waals surface area (Å²) in [4.78, 5) is 11.8. The summed E-state index contributed by atoms with van der Waals surface area (Å²) >= 11 is 0. The van der Waals surface area contributed by atoms with Crippen LogP contribution in [0.5, 0.6) is 5.75 Å². The SMILES string of the molecule is O=C(NCCc1cc(F)cc(F)c1)c1cccc(O)c1. The van der Waals surface area contributed by atoms with Crippen molar-refractivity contribution >= 4 is 5.91 Å². The van der Waals surface area contributed by atoms with Gasteiger partial charge in [-0.2, -0.15) is 0 Å². The first kappa shape index (κ1) is 14.0. The van der Waals surface area contributed by atoms with Gasteiger partial charge in [-0.05, 0) is 42.3 Å². The second-order valence-electron chi connectivity index (χ2n) is 4.33. The van der Waals surface area contributed by atoms with Crippen LogP contribution in [0.2, 0.25) is 0 Å². The number of rotatable bonds is 4. The molecule has 0 saturated heterocycles. The lowest BCUT2D eigenvalue weighted by Gasteiger charge is -2.06. The van der Waals surface area contributed by atoms with Gasteiger partial charge in [-0.15, -0.1) is 0 Å². The largest absolute Gasteiger partial charge is 0.508 e. The molecule has 0 aliphatic heterocycles. The number of carbonyl (C=O) groups excluding carboxylic acids is 1. The Morgan fingerprint density at radius 1 is 1.10 bits per heavy atom. The van der Waals surface area contributed by atoms with Crippen LogP contribution in [0, 0.1) is 11.6 Å². The predicted molar refractivity (Wildman–Crippen MR) is 70.5 cm³/mol. The maximum absolute atomic E-state index is 13.0. The number of phenols is 1. The summed E-state index contributed by atoms with van der Waals surface area (Å²) in [6, 6.07) is 9.19. The Balaban J connectivity index is 1.91. The van der Waals surface area contributed by atoms with Crippen LogP contribution >= 0.6 is 0 Å². The quantitative estimate of drug-likeness (QED) is 0.902. The molecule has 5 heteroatoms. The molecule has 3 nitrogen and oxygen atoms in total. The Morgan fingerprint density at radius 2 is 1.80 bits per heavy atom. The van der Waals surface area contributed by atoms with Gasteiger partial charge in [0.15, 0.2) is 0 Å². The fraction of sp³-hybridized carbons (Fsp3) is 0.133. The van der Waals surface area contributed by atoms with Crippen molar-refractivity contribution in [3.63, 3.8) is 0 Å². The zero-order valence-electron chi connectivity index (χ0n) is 10.6. The zero-order valence-corrected chi connectivity index (χ0v) is 10.6. The van der Waals surface area contributed by atoms with Crippen molar-refractivity contribution in [3.8, 4) is 5.75 Å². The molecule has 2 aromatic rings. The number of nitrogens with one attached hydrogen (secondary N) is 1. The van der Waals surface area contributed by atoms with E-state index in [-0.39, 0.29) is 18.2 Å². The van der Waals surface area contributed by atoms with E-state index in [0.717, 1.165) is 6.07 Å². The van der Waals surface area contributed by atoms with Gasteiger partial charge in [0.05, 0.1) is 0 Å². The third kappa shape index (κ3) is 3.78. The van der Waals surface area contributed by atoms with E-state index in [2.05, 4.69) is 5.32 Å². The third-order valence-electron chi connectivity index (χ3n) is 2.73. The highest BCUT2D eigenvalue weighted by atomic mass is 19.1. The highest BCUT2D eigenvalue weighted by Crippen LogP contribution is 2.11. The van der Waals surface area contributed by atoms with Crippen LogP contribution in [0.25, 0.3) is 0 Å². The Bertz CT molecular complexity index is 609. The highest BCUT2D eigenvalue weighted by molar-refractivity contribution is 5.94. The van der Waals surface area contributed by atoms with Crippen molar-refractivity contribution in [2.75, 3.05) is 6.54 Å². The monoisotopic (exact) mass is 277 g/mol. The van der Waals surface area contributed by atoms with Crippen LogP contribution < -0.4 is 5.32 Å². The number of carbonyl (C=O) groups is 1. The van der Waals surface area contributed by atoms with Gasteiger partial charge in [0, 0.05) is 18.2 Å². The van der Waals surface area contributed by atoms with Crippen LogP contribution in [0.4, 0.5) is 8.78 Å². The molecule has 0 saturated carbocycles. The number of hydrogen-bond acceptors (Lipinski definition) is 2. The molecule has 0 aromatic heterocycles. The van der Waals surface area contributed by atoms with Crippen molar-refractivity contribution in [1.82, 2.24) is 5.32 Å². The number of hydrogen-bond donors (Lipinski definition) is 2. The average Bonchev–Trinajstić information content (AvgIpc) is 2.37. The summed E-state index contributed by atoms with van der Waals surface area (Å²) in [6.45, 7) is 0.247. The smallest absolute Gasteiger partial charge is 0.251 e. The first-order chi connectivity index (χ1) is 9.54. The minimum atomic E-state index is -0.640. The number of aromatic hydroxyl groups is 1. The topological polar surface area (TPSA) is 49.3 Å². The van der Waals surface area contributed by atoms with Gasteiger partial charge in [0.1, 0.15) is 17.4 Å². The molecule has 20 heavy (non-hydrogen) atoms. The van der Waals surface area contributed by atoms with Gasteiger partial charge in [-0.1, -0.05) is 6.07 Å². The standard InChI is InChI=1S/C15H13F2NO2/c16-12-6-10(7-13(17)9-12)4-5-18-15(20)11-2-1-3-14(19)8-11/h1-3,6-9,19H,4-5H2,(H,18,20). The Hall–Kier alpha value is -2.43. The van der Waals surface area contributed by atoms with E-state index in [9.17, 15) is 18.7 Å². The summed E-state index contributed by atoms with van der Waals surface area (Å²) in [5.74, 6) is -1.62. The van der Waals surface area contributed by atoms with E-state index in [1.54, 1.807) is 12.1 Å². The number of benzene rings is 2. The molecule has 0 heterocycles. The maximum Gasteiger partial charge on any atom is 0.251 e. The molecular formula is C15H13F2NO2. The molecule has 2 rings (SSSR count). The fourth-order valence-electron chi connectivity index (χ4n) is 1.82. The van der Waals surface area contributed by atoms with E-state index >= 15 is 0 Å². The first-order valence-corrected chi connectivity index (χ1v) is 6.07. The minimum absolute atomic E-state index is 0.00449. The van der Waals surface area contributed by atoms with Gasteiger partial charge in [-0.25, -0.2) is 8.78 Å². The van der Waals surface area contributed by atoms with Gasteiger partial charge in [0.2, 0.25) is 0 Å². The Labute approximate surface area is 114 Å². The van der Waals surface area contributed by atoms with E-state index < -0.39 is 11.6 Å². The summed E-state index contributed by atoms with van der Waals surface area (Å²) in [6.07, 6.45) is 0.319. The molecule has 0 aliphatic rings. The molecule has 1 amide bonds. The lowest BCUT2D eigenvalue weighted by Crippen LogP contribution is -2.25. The van der Waals surface area contributed by atoms with E-state index in [0.29, 0.717) is 17.5 Å². The lowest BCUT2D eigenvalue weighted by molar-refractivity contribution is 0.0953. The molecule has 0 bridgehead atoms. The molecule has 2 N–H and O–H groups in total. The van der Waals surface area contributed by atoms with Crippen LogP contribution in [0.15, 0.2) is 42.5 Å². The molecule has 0 atom stereocenters. The molecular weight excluding hydrogens is 264 g/mol.